The van der Waals surface area contributed by atoms with E-state index in [-0.39, 0.29) is 16.6 Å². The van der Waals surface area contributed by atoms with Gasteiger partial charge < -0.3 is 9.84 Å². The molecule has 20 heavy (non-hydrogen) atoms. The third-order valence-corrected chi connectivity index (χ3v) is 2.88. The van der Waals surface area contributed by atoms with Crippen LogP contribution < -0.4 is 4.74 Å². The van der Waals surface area contributed by atoms with Gasteiger partial charge in [-0.2, -0.15) is 0 Å². The third kappa shape index (κ3) is 3.23. The predicted molar refractivity (Wildman–Crippen MR) is 73.1 cm³/mol. The van der Waals surface area contributed by atoms with E-state index < -0.39 is 11.0 Å². The summed E-state index contributed by atoms with van der Waals surface area (Å²) in [6.07, 6.45) is 0.866. The van der Waals surface area contributed by atoms with Gasteiger partial charge in [-0.25, -0.2) is 4.98 Å². The molecule has 0 fully saturated rings. The number of aromatic nitrogens is 1. The van der Waals surface area contributed by atoms with Gasteiger partial charge in [-0.05, 0) is 24.6 Å². The molecule has 0 saturated carbocycles. The zero-order chi connectivity index (χ0) is 14.7. The molecule has 2 aromatic rings. The highest BCUT2D eigenvalue weighted by molar-refractivity contribution is 6.32. The molecule has 7 heteroatoms. The Labute approximate surface area is 119 Å². The lowest BCUT2D eigenvalue weighted by atomic mass is 10.2. The Morgan fingerprint density at radius 1 is 1.40 bits per heavy atom. The maximum Gasteiger partial charge on any atom is 0.288 e. The van der Waals surface area contributed by atoms with E-state index in [9.17, 15) is 15.2 Å². The van der Waals surface area contributed by atoms with Crippen molar-refractivity contribution in [1.29, 1.82) is 0 Å². The van der Waals surface area contributed by atoms with E-state index in [1.54, 1.807) is 19.1 Å². The molecule has 1 aromatic carbocycles. The van der Waals surface area contributed by atoms with Gasteiger partial charge in [0.15, 0.2) is 0 Å². The number of nitro benzene ring substituents is 1. The maximum atomic E-state index is 10.7. The summed E-state index contributed by atoms with van der Waals surface area (Å²) in [5, 5.41) is 20.1. The molecule has 0 aliphatic carbocycles. The predicted octanol–water partition coefficient (Wildman–Crippen LogP) is 3.49. The molecule has 0 spiro atoms. The van der Waals surface area contributed by atoms with Gasteiger partial charge in [-0.1, -0.05) is 11.6 Å². The monoisotopic (exact) mass is 294 g/mol. The Hall–Kier alpha value is -2.18. The summed E-state index contributed by atoms with van der Waals surface area (Å²) >= 11 is 5.79. The number of nitro groups is 1. The molecule has 0 saturated heterocycles. The molecule has 1 N–H and O–H groups in total. The molecule has 0 radical (unpaired) electrons. The summed E-state index contributed by atoms with van der Waals surface area (Å²) in [5.41, 5.74) is 0.465. The molecular weight excluding hydrogens is 284 g/mol. The average molecular weight is 295 g/mol. The van der Waals surface area contributed by atoms with Gasteiger partial charge in [0.2, 0.25) is 5.88 Å². The van der Waals surface area contributed by atoms with Gasteiger partial charge in [0.25, 0.3) is 5.69 Å². The second kappa shape index (κ2) is 5.85. The van der Waals surface area contributed by atoms with Crippen LogP contribution in [0.1, 0.15) is 18.6 Å². The fourth-order valence-electron chi connectivity index (χ4n) is 1.56. The Balaban J connectivity index is 2.24. The molecule has 6 nitrogen and oxygen atoms in total. The van der Waals surface area contributed by atoms with Crippen LogP contribution >= 0.6 is 11.6 Å². The second-order valence-corrected chi connectivity index (χ2v) is 4.48. The largest absolute Gasteiger partial charge is 0.439 e. The Bertz CT molecular complexity index is 646. The van der Waals surface area contributed by atoms with Crippen molar-refractivity contribution in [2.75, 3.05) is 0 Å². The Morgan fingerprint density at radius 2 is 2.15 bits per heavy atom. The topological polar surface area (TPSA) is 85.5 Å². The minimum atomic E-state index is -0.638. The lowest BCUT2D eigenvalue weighted by Crippen LogP contribution is -1.95. The van der Waals surface area contributed by atoms with Crippen LogP contribution in [0.5, 0.6) is 11.6 Å². The summed E-state index contributed by atoms with van der Waals surface area (Å²) < 4.78 is 5.46. The molecule has 1 atom stereocenters. The van der Waals surface area contributed by atoms with Crippen molar-refractivity contribution in [3.63, 3.8) is 0 Å². The zero-order valence-corrected chi connectivity index (χ0v) is 11.2. The van der Waals surface area contributed by atoms with E-state index in [1.165, 1.54) is 24.4 Å². The molecule has 2 rings (SSSR count). The van der Waals surface area contributed by atoms with Crippen molar-refractivity contribution in [1.82, 2.24) is 4.98 Å². The van der Waals surface area contributed by atoms with Gasteiger partial charge in [0.1, 0.15) is 10.8 Å². The standard InChI is InChI=1S/C13H11ClN2O4/c1-8(17)9-4-5-15-13(6-9)20-10-2-3-12(16(18)19)11(14)7-10/h2-8,17H,1H3. The van der Waals surface area contributed by atoms with E-state index in [0.717, 1.165) is 0 Å². The van der Waals surface area contributed by atoms with E-state index in [1.807, 2.05) is 0 Å². The van der Waals surface area contributed by atoms with Gasteiger partial charge in [-0.15, -0.1) is 0 Å². The highest BCUT2D eigenvalue weighted by Crippen LogP contribution is 2.30. The van der Waals surface area contributed by atoms with Crippen LogP contribution in [0.2, 0.25) is 5.02 Å². The highest BCUT2D eigenvalue weighted by atomic mass is 35.5. The first-order chi connectivity index (χ1) is 9.47. The number of ether oxygens (including phenoxy) is 1. The summed E-state index contributed by atoms with van der Waals surface area (Å²) in [4.78, 5) is 14.1. The first-order valence-electron chi connectivity index (χ1n) is 5.73. The molecule has 104 valence electrons. The van der Waals surface area contributed by atoms with Crippen molar-refractivity contribution in [2.24, 2.45) is 0 Å². The SMILES string of the molecule is CC(O)c1ccnc(Oc2ccc([N+](=O)[O-])c(Cl)c2)c1. The Kier molecular flexibility index (Phi) is 4.16. The van der Waals surface area contributed by atoms with Crippen LogP contribution in [0.3, 0.4) is 0 Å². The second-order valence-electron chi connectivity index (χ2n) is 4.08. The van der Waals surface area contributed by atoms with E-state index >= 15 is 0 Å². The van der Waals surface area contributed by atoms with Crippen molar-refractivity contribution >= 4 is 17.3 Å². The average Bonchev–Trinajstić information content (AvgIpc) is 2.38. The van der Waals surface area contributed by atoms with Gasteiger partial charge in [0.05, 0.1) is 11.0 Å². The zero-order valence-electron chi connectivity index (χ0n) is 10.5. The molecule has 0 amide bonds. The van der Waals surface area contributed by atoms with Crippen LogP contribution in [0, 0.1) is 10.1 Å². The van der Waals surface area contributed by atoms with Crippen LogP contribution in [0.4, 0.5) is 5.69 Å². The molecule has 0 aliphatic heterocycles. The first-order valence-corrected chi connectivity index (χ1v) is 6.11. The van der Waals surface area contributed by atoms with Crippen molar-refractivity contribution in [3.8, 4) is 11.6 Å². The van der Waals surface area contributed by atoms with Crippen molar-refractivity contribution in [3.05, 3.63) is 57.2 Å². The molecule has 1 heterocycles. The fourth-order valence-corrected chi connectivity index (χ4v) is 1.80. The summed E-state index contributed by atoms with van der Waals surface area (Å²) in [5.74, 6) is 0.601. The van der Waals surface area contributed by atoms with Gasteiger partial charge in [-0.3, -0.25) is 10.1 Å². The van der Waals surface area contributed by atoms with E-state index in [0.29, 0.717) is 11.3 Å². The quantitative estimate of drug-likeness (QED) is 0.689. The van der Waals surface area contributed by atoms with Gasteiger partial charge in [0, 0.05) is 24.4 Å². The number of aliphatic hydroxyl groups excluding tert-OH is 1. The minimum Gasteiger partial charge on any atom is -0.439 e. The number of nitrogens with zero attached hydrogens (tertiary/aromatic N) is 2. The maximum absolute atomic E-state index is 10.7. The fraction of sp³-hybridized carbons (Fsp3) is 0.154. The van der Waals surface area contributed by atoms with Crippen LogP contribution in [-0.4, -0.2) is 15.0 Å². The third-order valence-electron chi connectivity index (χ3n) is 2.58. The number of pyridine rings is 1. The van der Waals surface area contributed by atoms with E-state index in [2.05, 4.69) is 4.98 Å². The van der Waals surface area contributed by atoms with Crippen LogP contribution in [0.15, 0.2) is 36.5 Å². The molecule has 0 aliphatic rings. The van der Waals surface area contributed by atoms with Crippen LogP contribution in [0.25, 0.3) is 0 Å². The molecule has 1 unspecified atom stereocenters. The molecular formula is C13H11ClN2O4. The summed E-state index contributed by atoms with van der Waals surface area (Å²) in [7, 11) is 0. The number of hydrogen-bond donors (Lipinski definition) is 1. The number of halogens is 1. The van der Waals surface area contributed by atoms with Crippen LogP contribution in [-0.2, 0) is 0 Å². The summed E-state index contributed by atoms with van der Waals surface area (Å²) in [6, 6.07) is 7.29. The smallest absolute Gasteiger partial charge is 0.288 e. The number of rotatable bonds is 4. The number of aliphatic hydroxyl groups is 1. The van der Waals surface area contributed by atoms with Gasteiger partial charge >= 0.3 is 0 Å². The molecule has 1 aromatic heterocycles. The van der Waals surface area contributed by atoms with Crippen molar-refractivity contribution in [2.45, 2.75) is 13.0 Å². The normalized spacial score (nSPS) is 11.9. The number of hydrogen-bond acceptors (Lipinski definition) is 5. The van der Waals surface area contributed by atoms with Crippen molar-refractivity contribution < 1.29 is 14.8 Å². The minimum absolute atomic E-state index is 0.0146. The lowest BCUT2D eigenvalue weighted by Gasteiger charge is -2.08. The highest BCUT2D eigenvalue weighted by Gasteiger charge is 2.13. The lowest BCUT2D eigenvalue weighted by molar-refractivity contribution is -0.384. The number of benzene rings is 1. The Morgan fingerprint density at radius 3 is 2.75 bits per heavy atom. The summed E-state index contributed by atoms with van der Waals surface area (Å²) in [6.45, 7) is 1.63. The van der Waals surface area contributed by atoms with E-state index in [4.69, 9.17) is 16.3 Å². The first kappa shape index (κ1) is 14.2. The molecule has 0 bridgehead atoms.